The van der Waals surface area contributed by atoms with Gasteiger partial charge in [-0.3, -0.25) is 0 Å². The lowest BCUT2D eigenvalue weighted by Crippen LogP contribution is -2.04. The summed E-state index contributed by atoms with van der Waals surface area (Å²) in [5, 5.41) is 8.27. The number of anilines is 1. The van der Waals surface area contributed by atoms with Gasteiger partial charge in [-0.1, -0.05) is 29.3 Å². The van der Waals surface area contributed by atoms with Gasteiger partial charge in [-0.05, 0) is 37.6 Å². The van der Waals surface area contributed by atoms with E-state index in [0.29, 0.717) is 0 Å². The number of nitrogens with zero attached hydrogens (tertiary/aromatic N) is 2. The van der Waals surface area contributed by atoms with Crippen LogP contribution in [-0.2, 0) is 6.42 Å². The van der Waals surface area contributed by atoms with Crippen LogP contribution in [0.15, 0.2) is 36.4 Å². The SMILES string of the molecule is Cc1ccc(-n2nc(-c3ccc(Cl)s3)c3c2NCC3)cc1. The maximum atomic E-state index is 6.07. The first kappa shape index (κ1) is 12.9. The third-order valence-corrected chi connectivity index (χ3v) is 4.97. The smallest absolute Gasteiger partial charge is 0.133 e. The average Bonchev–Trinajstić information content (AvgIpc) is 3.15. The summed E-state index contributed by atoms with van der Waals surface area (Å²) < 4.78 is 2.81. The number of hydrogen-bond acceptors (Lipinski definition) is 3. The summed E-state index contributed by atoms with van der Waals surface area (Å²) >= 11 is 7.65. The van der Waals surface area contributed by atoms with Gasteiger partial charge in [0.25, 0.3) is 0 Å². The summed E-state index contributed by atoms with van der Waals surface area (Å²) in [6, 6.07) is 12.4. The molecule has 0 fully saturated rings. The maximum absolute atomic E-state index is 6.07. The highest BCUT2D eigenvalue weighted by molar-refractivity contribution is 7.19. The lowest BCUT2D eigenvalue weighted by atomic mass is 10.2. The molecule has 1 aliphatic rings. The highest BCUT2D eigenvalue weighted by Gasteiger charge is 2.24. The molecule has 3 heterocycles. The minimum atomic E-state index is 0.801. The zero-order valence-electron chi connectivity index (χ0n) is 11.6. The van der Waals surface area contributed by atoms with E-state index in [0.717, 1.165) is 39.4 Å². The van der Waals surface area contributed by atoms with E-state index in [1.807, 2.05) is 16.8 Å². The van der Waals surface area contributed by atoms with Gasteiger partial charge < -0.3 is 5.32 Å². The summed E-state index contributed by atoms with van der Waals surface area (Å²) in [6.45, 7) is 3.06. The zero-order valence-corrected chi connectivity index (χ0v) is 13.1. The van der Waals surface area contributed by atoms with Crippen molar-refractivity contribution in [2.45, 2.75) is 13.3 Å². The van der Waals surface area contributed by atoms with E-state index in [9.17, 15) is 0 Å². The molecule has 2 aromatic heterocycles. The van der Waals surface area contributed by atoms with E-state index in [1.165, 1.54) is 11.1 Å². The van der Waals surface area contributed by atoms with Crippen LogP contribution in [0.2, 0.25) is 4.34 Å². The lowest BCUT2D eigenvalue weighted by Gasteiger charge is -2.06. The van der Waals surface area contributed by atoms with E-state index in [1.54, 1.807) is 11.3 Å². The molecule has 0 saturated heterocycles. The Morgan fingerprint density at radius 3 is 2.71 bits per heavy atom. The Bertz CT molecular complexity index is 802. The van der Waals surface area contributed by atoms with E-state index < -0.39 is 0 Å². The van der Waals surface area contributed by atoms with Crippen LogP contribution in [0.25, 0.3) is 16.3 Å². The monoisotopic (exact) mass is 315 g/mol. The Morgan fingerprint density at radius 1 is 1.19 bits per heavy atom. The van der Waals surface area contributed by atoms with Crippen molar-refractivity contribution in [1.29, 1.82) is 0 Å². The predicted octanol–water partition coefficient (Wildman–Crippen LogP) is 4.53. The number of hydrogen-bond donors (Lipinski definition) is 1. The topological polar surface area (TPSA) is 29.9 Å². The van der Waals surface area contributed by atoms with Gasteiger partial charge in [0.2, 0.25) is 0 Å². The summed E-state index contributed by atoms with van der Waals surface area (Å²) in [4.78, 5) is 1.13. The highest BCUT2D eigenvalue weighted by atomic mass is 35.5. The third kappa shape index (κ3) is 2.15. The number of aryl methyl sites for hydroxylation is 1. The molecular weight excluding hydrogens is 302 g/mol. The fourth-order valence-electron chi connectivity index (χ4n) is 2.69. The standard InChI is InChI=1S/C16H14ClN3S/c1-10-2-4-11(5-3-10)20-16-12(8-9-18-16)15(19-20)13-6-7-14(17)21-13/h2-7,18H,8-9H2,1H3. The first-order valence-electron chi connectivity index (χ1n) is 6.91. The van der Waals surface area contributed by atoms with Gasteiger partial charge in [-0.25, -0.2) is 4.68 Å². The van der Waals surface area contributed by atoms with Crippen LogP contribution >= 0.6 is 22.9 Å². The molecule has 1 aromatic carbocycles. The normalized spacial score (nSPS) is 13.2. The van der Waals surface area contributed by atoms with Crippen LogP contribution in [0.5, 0.6) is 0 Å². The third-order valence-electron chi connectivity index (χ3n) is 3.74. The van der Waals surface area contributed by atoms with Crippen molar-refractivity contribution < 1.29 is 0 Å². The summed E-state index contributed by atoms with van der Waals surface area (Å²) in [7, 11) is 0. The van der Waals surface area contributed by atoms with Crippen LogP contribution < -0.4 is 5.32 Å². The van der Waals surface area contributed by atoms with Gasteiger partial charge in [-0.15, -0.1) is 11.3 Å². The van der Waals surface area contributed by atoms with E-state index in [-0.39, 0.29) is 0 Å². The van der Waals surface area contributed by atoms with E-state index in [4.69, 9.17) is 16.7 Å². The average molecular weight is 316 g/mol. The minimum Gasteiger partial charge on any atom is -0.369 e. The van der Waals surface area contributed by atoms with E-state index in [2.05, 4.69) is 36.5 Å². The molecule has 0 unspecified atom stereocenters. The minimum absolute atomic E-state index is 0.801. The molecule has 3 nitrogen and oxygen atoms in total. The summed E-state index contributed by atoms with van der Waals surface area (Å²) in [6.07, 6.45) is 1.01. The molecule has 0 amide bonds. The second kappa shape index (κ2) is 4.90. The molecule has 0 bridgehead atoms. The van der Waals surface area contributed by atoms with Crippen molar-refractivity contribution in [2.24, 2.45) is 0 Å². The van der Waals surface area contributed by atoms with Crippen molar-refractivity contribution in [3.8, 4) is 16.3 Å². The highest BCUT2D eigenvalue weighted by Crippen LogP contribution is 2.38. The van der Waals surface area contributed by atoms with Crippen molar-refractivity contribution >= 4 is 28.8 Å². The molecule has 4 rings (SSSR count). The number of nitrogens with one attached hydrogen (secondary N) is 1. The molecule has 0 radical (unpaired) electrons. The predicted molar refractivity (Wildman–Crippen MR) is 88.8 cm³/mol. The Balaban J connectivity index is 1.88. The second-order valence-corrected chi connectivity index (χ2v) is 6.92. The second-order valence-electron chi connectivity index (χ2n) is 5.20. The van der Waals surface area contributed by atoms with Crippen molar-refractivity contribution in [2.75, 3.05) is 11.9 Å². The Morgan fingerprint density at radius 2 is 2.00 bits per heavy atom. The lowest BCUT2D eigenvalue weighted by molar-refractivity contribution is 0.883. The van der Waals surface area contributed by atoms with E-state index >= 15 is 0 Å². The maximum Gasteiger partial charge on any atom is 0.133 e. The Kier molecular flexibility index (Phi) is 3.01. The largest absolute Gasteiger partial charge is 0.369 e. The van der Waals surface area contributed by atoms with Gasteiger partial charge >= 0.3 is 0 Å². The quantitative estimate of drug-likeness (QED) is 0.753. The first-order chi connectivity index (χ1) is 10.2. The number of halogens is 1. The first-order valence-corrected chi connectivity index (χ1v) is 8.10. The molecule has 0 aliphatic carbocycles. The molecule has 1 aliphatic heterocycles. The molecular formula is C16H14ClN3S. The summed E-state index contributed by atoms with van der Waals surface area (Å²) in [5.41, 5.74) is 4.67. The van der Waals surface area contributed by atoms with Gasteiger partial charge in [0.1, 0.15) is 11.5 Å². The van der Waals surface area contributed by atoms with Crippen molar-refractivity contribution in [3.63, 3.8) is 0 Å². The van der Waals surface area contributed by atoms with Crippen molar-refractivity contribution in [1.82, 2.24) is 9.78 Å². The van der Waals surface area contributed by atoms with Crippen LogP contribution in [-0.4, -0.2) is 16.3 Å². The number of fused-ring (bicyclic) bond motifs is 1. The number of aromatic nitrogens is 2. The molecule has 0 saturated carbocycles. The number of benzene rings is 1. The van der Waals surface area contributed by atoms with Gasteiger partial charge in [0, 0.05) is 12.1 Å². The molecule has 0 spiro atoms. The van der Waals surface area contributed by atoms with Crippen LogP contribution in [0.4, 0.5) is 5.82 Å². The molecule has 1 N–H and O–H groups in total. The molecule has 21 heavy (non-hydrogen) atoms. The zero-order chi connectivity index (χ0) is 14.4. The van der Waals surface area contributed by atoms with Gasteiger partial charge in [0.15, 0.2) is 0 Å². The van der Waals surface area contributed by atoms with Crippen LogP contribution in [0.1, 0.15) is 11.1 Å². The van der Waals surface area contributed by atoms with Crippen molar-refractivity contribution in [3.05, 3.63) is 51.9 Å². The van der Waals surface area contributed by atoms with Gasteiger partial charge in [-0.2, -0.15) is 5.10 Å². The molecule has 3 aromatic rings. The number of thiophene rings is 1. The molecule has 106 valence electrons. The fraction of sp³-hybridized carbons (Fsp3) is 0.188. The Labute approximate surface area is 132 Å². The summed E-state index contributed by atoms with van der Waals surface area (Å²) in [5.74, 6) is 1.11. The van der Waals surface area contributed by atoms with Gasteiger partial charge in [0.05, 0.1) is 14.9 Å². The fourth-order valence-corrected chi connectivity index (χ4v) is 3.74. The molecule has 5 heteroatoms. The van der Waals surface area contributed by atoms with Crippen LogP contribution in [0.3, 0.4) is 0 Å². The van der Waals surface area contributed by atoms with Crippen LogP contribution in [0, 0.1) is 6.92 Å². The molecule has 0 atom stereocenters. The Hall–Kier alpha value is -1.78. The number of rotatable bonds is 2.